The zero-order valence-electron chi connectivity index (χ0n) is 12.8. The molecule has 0 radical (unpaired) electrons. The molecule has 0 amide bonds. The van der Waals surface area contributed by atoms with E-state index in [0.717, 1.165) is 19.3 Å². The Kier molecular flexibility index (Phi) is 3.29. The molecule has 5 heteroatoms. The molecule has 4 nitrogen and oxygen atoms in total. The molecule has 1 atom stereocenters. The third kappa shape index (κ3) is 2.33. The molecule has 20 heavy (non-hydrogen) atoms. The van der Waals surface area contributed by atoms with Crippen LogP contribution in [0.5, 0.6) is 0 Å². The summed E-state index contributed by atoms with van der Waals surface area (Å²) in [6.07, 6.45) is 11.2. The average Bonchev–Trinajstić information content (AvgIpc) is 2.97. The monoisotopic (exact) mass is 274 g/mol. The van der Waals surface area contributed by atoms with Gasteiger partial charge in [-0.3, -0.25) is 0 Å². The standard InChI is InChI=1S/C15H23BN2O2/c1-14(2)15(3,4)20-16(19-14)12-5-7-13(8-6-12)18-10-9-17-11-18/h5,9-11,13H,6-8H2,1-4H3. The molecule has 1 aromatic rings. The lowest BCUT2D eigenvalue weighted by Crippen LogP contribution is -2.41. The van der Waals surface area contributed by atoms with Gasteiger partial charge in [0.1, 0.15) is 0 Å². The van der Waals surface area contributed by atoms with Crippen molar-refractivity contribution in [2.45, 2.75) is 64.2 Å². The van der Waals surface area contributed by atoms with Crippen LogP contribution >= 0.6 is 0 Å². The Bertz CT molecular complexity index is 492. The zero-order chi connectivity index (χ0) is 14.4. The van der Waals surface area contributed by atoms with Gasteiger partial charge in [0, 0.05) is 18.4 Å². The van der Waals surface area contributed by atoms with Crippen molar-refractivity contribution in [1.82, 2.24) is 9.55 Å². The molecule has 3 rings (SSSR count). The molecular weight excluding hydrogens is 251 g/mol. The maximum Gasteiger partial charge on any atom is 0.490 e. The van der Waals surface area contributed by atoms with Crippen LogP contribution < -0.4 is 0 Å². The zero-order valence-corrected chi connectivity index (χ0v) is 12.8. The largest absolute Gasteiger partial charge is 0.490 e. The smallest absolute Gasteiger partial charge is 0.400 e. The van der Waals surface area contributed by atoms with Crippen LogP contribution in [0.1, 0.15) is 53.0 Å². The van der Waals surface area contributed by atoms with Crippen molar-refractivity contribution in [3.05, 3.63) is 30.3 Å². The van der Waals surface area contributed by atoms with Gasteiger partial charge in [-0.25, -0.2) is 4.98 Å². The maximum absolute atomic E-state index is 6.12. The second-order valence-electron chi connectivity index (χ2n) is 6.81. The van der Waals surface area contributed by atoms with Gasteiger partial charge in [-0.15, -0.1) is 0 Å². The fourth-order valence-corrected chi connectivity index (χ4v) is 2.81. The quantitative estimate of drug-likeness (QED) is 0.777. The molecule has 2 heterocycles. The van der Waals surface area contributed by atoms with Crippen LogP contribution in [0.3, 0.4) is 0 Å². The molecule has 1 unspecified atom stereocenters. The van der Waals surface area contributed by atoms with Crippen LogP contribution in [-0.2, 0) is 9.31 Å². The van der Waals surface area contributed by atoms with Gasteiger partial charge < -0.3 is 13.9 Å². The summed E-state index contributed by atoms with van der Waals surface area (Å²) in [7, 11) is -0.177. The molecular formula is C15H23BN2O2. The Balaban J connectivity index is 1.69. The fourth-order valence-electron chi connectivity index (χ4n) is 2.81. The Morgan fingerprint density at radius 3 is 2.45 bits per heavy atom. The van der Waals surface area contributed by atoms with E-state index in [1.165, 1.54) is 5.47 Å². The molecule has 1 aromatic heterocycles. The molecule has 0 spiro atoms. The Labute approximate surface area is 121 Å². The van der Waals surface area contributed by atoms with E-state index in [-0.39, 0.29) is 18.3 Å². The topological polar surface area (TPSA) is 36.3 Å². The molecule has 0 bridgehead atoms. The number of imidazole rings is 1. The van der Waals surface area contributed by atoms with E-state index in [9.17, 15) is 0 Å². The van der Waals surface area contributed by atoms with Crippen molar-refractivity contribution in [3.8, 4) is 0 Å². The van der Waals surface area contributed by atoms with Crippen molar-refractivity contribution >= 4 is 7.12 Å². The second-order valence-corrected chi connectivity index (χ2v) is 6.81. The van der Waals surface area contributed by atoms with Crippen LogP contribution in [0.4, 0.5) is 0 Å². The molecule has 0 aromatic carbocycles. The van der Waals surface area contributed by atoms with Gasteiger partial charge in [0.25, 0.3) is 0 Å². The molecule has 0 N–H and O–H groups in total. The van der Waals surface area contributed by atoms with Gasteiger partial charge in [-0.1, -0.05) is 6.08 Å². The van der Waals surface area contributed by atoms with Crippen LogP contribution in [0.2, 0.25) is 0 Å². The summed E-state index contributed by atoms with van der Waals surface area (Å²) < 4.78 is 14.4. The van der Waals surface area contributed by atoms with Crippen LogP contribution in [0.15, 0.2) is 30.3 Å². The fraction of sp³-hybridized carbons (Fsp3) is 0.667. The Morgan fingerprint density at radius 1 is 1.25 bits per heavy atom. The maximum atomic E-state index is 6.12. The highest BCUT2D eigenvalue weighted by Crippen LogP contribution is 2.41. The predicted octanol–water partition coefficient (Wildman–Crippen LogP) is 3.17. The average molecular weight is 274 g/mol. The minimum absolute atomic E-state index is 0.177. The summed E-state index contributed by atoms with van der Waals surface area (Å²) in [5.74, 6) is 0. The van der Waals surface area contributed by atoms with Gasteiger partial charge in [-0.05, 0) is 52.4 Å². The third-order valence-corrected chi connectivity index (χ3v) is 4.92. The van der Waals surface area contributed by atoms with Crippen molar-refractivity contribution in [2.75, 3.05) is 0 Å². The van der Waals surface area contributed by atoms with Gasteiger partial charge >= 0.3 is 7.12 Å². The minimum atomic E-state index is -0.250. The number of rotatable bonds is 2. The van der Waals surface area contributed by atoms with Crippen LogP contribution in [-0.4, -0.2) is 27.9 Å². The normalized spacial score (nSPS) is 28.5. The summed E-state index contributed by atoms with van der Waals surface area (Å²) in [5, 5.41) is 0. The molecule has 2 aliphatic rings. The van der Waals surface area contributed by atoms with E-state index < -0.39 is 0 Å². The number of hydrogen-bond donors (Lipinski definition) is 0. The molecule has 1 aliphatic heterocycles. The summed E-state index contributed by atoms with van der Waals surface area (Å²) >= 11 is 0. The number of nitrogens with zero attached hydrogens (tertiary/aromatic N) is 2. The lowest BCUT2D eigenvalue weighted by atomic mass is 9.72. The van der Waals surface area contributed by atoms with Gasteiger partial charge in [0.15, 0.2) is 0 Å². The van der Waals surface area contributed by atoms with Gasteiger partial charge in [0.05, 0.1) is 17.5 Å². The first kappa shape index (κ1) is 13.9. The summed E-state index contributed by atoms with van der Waals surface area (Å²) in [6.45, 7) is 8.41. The number of allylic oxidation sites excluding steroid dienone is 2. The van der Waals surface area contributed by atoms with Crippen molar-refractivity contribution in [1.29, 1.82) is 0 Å². The number of aromatic nitrogens is 2. The first-order valence-electron chi connectivity index (χ1n) is 7.41. The van der Waals surface area contributed by atoms with Crippen molar-refractivity contribution < 1.29 is 9.31 Å². The SMILES string of the molecule is CC1(C)OB(C2=CCC(n3ccnc3)CC2)OC1(C)C. The van der Waals surface area contributed by atoms with Crippen molar-refractivity contribution in [3.63, 3.8) is 0 Å². The summed E-state index contributed by atoms with van der Waals surface area (Å²) in [5.41, 5.74) is 0.791. The number of hydrogen-bond acceptors (Lipinski definition) is 3. The molecule has 0 saturated carbocycles. The van der Waals surface area contributed by atoms with Crippen molar-refractivity contribution in [2.24, 2.45) is 0 Å². The highest BCUT2D eigenvalue weighted by atomic mass is 16.7. The highest BCUT2D eigenvalue weighted by Gasteiger charge is 2.52. The third-order valence-electron chi connectivity index (χ3n) is 4.92. The lowest BCUT2D eigenvalue weighted by Gasteiger charge is -2.32. The van der Waals surface area contributed by atoms with Gasteiger partial charge in [-0.2, -0.15) is 0 Å². The van der Waals surface area contributed by atoms with Crippen LogP contribution in [0, 0.1) is 0 Å². The molecule has 1 saturated heterocycles. The summed E-state index contributed by atoms with van der Waals surface area (Å²) in [4.78, 5) is 4.12. The lowest BCUT2D eigenvalue weighted by molar-refractivity contribution is 0.00578. The first-order valence-corrected chi connectivity index (χ1v) is 7.41. The van der Waals surface area contributed by atoms with E-state index >= 15 is 0 Å². The molecule has 1 aliphatic carbocycles. The van der Waals surface area contributed by atoms with Crippen LogP contribution in [0.25, 0.3) is 0 Å². The minimum Gasteiger partial charge on any atom is -0.400 e. The first-order chi connectivity index (χ1) is 9.39. The highest BCUT2D eigenvalue weighted by molar-refractivity contribution is 6.54. The van der Waals surface area contributed by atoms with E-state index in [0.29, 0.717) is 6.04 Å². The van der Waals surface area contributed by atoms with E-state index in [1.807, 2.05) is 18.7 Å². The predicted molar refractivity (Wildman–Crippen MR) is 79.3 cm³/mol. The molecule has 108 valence electrons. The Morgan fingerprint density at radius 2 is 1.95 bits per heavy atom. The van der Waals surface area contributed by atoms with E-state index in [1.54, 1.807) is 0 Å². The van der Waals surface area contributed by atoms with E-state index in [4.69, 9.17) is 9.31 Å². The van der Waals surface area contributed by atoms with Gasteiger partial charge in [0.2, 0.25) is 0 Å². The second kappa shape index (κ2) is 4.74. The van der Waals surface area contributed by atoms with E-state index in [2.05, 4.69) is 43.3 Å². The summed E-state index contributed by atoms with van der Waals surface area (Å²) in [6, 6.07) is 0.517. The molecule has 1 fully saturated rings. The Hall–Kier alpha value is -1.07.